The van der Waals surface area contributed by atoms with Crippen LogP contribution in [0.25, 0.3) is 10.2 Å². The molecule has 0 N–H and O–H groups in total. The molecule has 0 saturated carbocycles. The highest BCUT2D eigenvalue weighted by Crippen LogP contribution is 2.27. The molecule has 0 bridgehead atoms. The number of nitrogens with zero attached hydrogens (tertiary/aromatic N) is 2. The van der Waals surface area contributed by atoms with E-state index >= 15 is 0 Å². The van der Waals surface area contributed by atoms with Gasteiger partial charge in [0.25, 0.3) is 0 Å². The number of aromatic nitrogens is 1. The van der Waals surface area contributed by atoms with Crippen molar-refractivity contribution in [1.29, 1.82) is 0 Å². The maximum absolute atomic E-state index is 4.61. The Morgan fingerprint density at radius 2 is 2.13 bits per heavy atom. The summed E-state index contributed by atoms with van der Waals surface area (Å²) in [4.78, 5) is 6.85. The van der Waals surface area contributed by atoms with Gasteiger partial charge in [0.1, 0.15) is 0 Å². The lowest BCUT2D eigenvalue weighted by Crippen LogP contribution is -2.17. The van der Waals surface area contributed by atoms with Crippen LogP contribution in [-0.2, 0) is 0 Å². The fourth-order valence-electron chi connectivity index (χ4n) is 1.51. The number of rotatable bonds is 4. The fraction of sp³-hybridized carbons (Fsp3) is 0.417. The molecule has 0 saturated heterocycles. The number of unbranched alkanes of at least 4 members (excludes halogenated alkanes) is 1. The smallest absolute Gasteiger partial charge is 0.186 e. The van der Waals surface area contributed by atoms with Gasteiger partial charge in [-0.2, -0.15) is 0 Å². The Morgan fingerprint density at radius 1 is 1.33 bits per heavy atom. The zero-order valence-electron chi connectivity index (χ0n) is 9.23. The van der Waals surface area contributed by atoms with Gasteiger partial charge in [-0.15, -0.1) is 0 Å². The summed E-state index contributed by atoms with van der Waals surface area (Å²) in [6.07, 6.45) is 2.46. The predicted octanol–water partition coefficient (Wildman–Crippen LogP) is 3.53. The SMILES string of the molecule is CCCCN(C)c1nc2ccccc2s1. The van der Waals surface area contributed by atoms with Crippen LogP contribution in [0.1, 0.15) is 19.8 Å². The fourth-order valence-corrected chi connectivity index (χ4v) is 2.47. The molecule has 0 fully saturated rings. The van der Waals surface area contributed by atoms with E-state index in [0.717, 1.165) is 17.2 Å². The largest absolute Gasteiger partial charge is 0.351 e. The van der Waals surface area contributed by atoms with Crippen LogP contribution in [0.15, 0.2) is 24.3 Å². The first kappa shape index (κ1) is 10.4. The first-order valence-electron chi connectivity index (χ1n) is 5.38. The molecule has 0 unspecified atom stereocenters. The van der Waals surface area contributed by atoms with Crippen LogP contribution in [0.3, 0.4) is 0 Å². The van der Waals surface area contributed by atoms with Crippen molar-refractivity contribution in [3.63, 3.8) is 0 Å². The Hall–Kier alpha value is -1.09. The molecule has 0 aliphatic rings. The number of para-hydroxylation sites is 1. The average molecular weight is 220 g/mol. The summed E-state index contributed by atoms with van der Waals surface area (Å²) < 4.78 is 1.27. The number of fused-ring (bicyclic) bond motifs is 1. The Labute approximate surface area is 94.6 Å². The maximum Gasteiger partial charge on any atom is 0.186 e. The molecule has 3 heteroatoms. The van der Waals surface area contributed by atoms with Gasteiger partial charge in [-0.3, -0.25) is 0 Å². The van der Waals surface area contributed by atoms with Crippen LogP contribution in [0.2, 0.25) is 0 Å². The van der Waals surface area contributed by atoms with Crippen LogP contribution in [-0.4, -0.2) is 18.6 Å². The van der Waals surface area contributed by atoms with Gasteiger partial charge in [-0.05, 0) is 18.6 Å². The molecule has 1 aromatic carbocycles. The van der Waals surface area contributed by atoms with Crippen molar-refractivity contribution < 1.29 is 0 Å². The van der Waals surface area contributed by atoms with Gasteiger partial charge in [0.05, 0.1) is 10.2 Å². The lowest BCUT2D eigenvalue weighted by atomic mass is 10.3. The lowest BCUT2D eigenvalue weighted by molar-refractivity contribution is 0.765. The molecule has 2 aromatic rings. The van der Waals surface area contributed by atoms with E-state index in [2.05, 4.69) is 42.1 Å². The molecule has 1 heterocycles. The summed E-state index contributed by atoms with van der Waals surface area (Å²) in [5.74, 6) is 0. The first-order valence-corrected chi connectivity index (χ1v) is 6.19. The molecule has 0 atom stereocenters. The van der Waals surface area contributed by atoms with E-state index in [1.54, 1.807) is 11.3 Å². The minimum Gasteiger partial charge on any atom is -0.351 e. The Balaban J connectivity index is 2.20. The molecular weight excluding hydrogens is 204 g/mol. The highest BCUT2D eigenvalue weighted by molar-refractivity contribution is 7.22. The Kier molecular flexibility index (Phi) is 3.21. The van der Waals surface area contributed by atoms with E-state index in [9.17, 15) is 0 Å². The molecule has 2 rings (SSSR count). The van der Waals surface area contributed by atoms with E-state index in [1.807, 2.05) is 6.07 Å². The summed E-state index contributed by atoms with van der Waals surface area (Å²) in [7, 11) is 2.12. The molecular formula is C12H16N2S. The summed E-state index contributed by atoms with van der Waals surface area (Å²) in [6.45, 7) is 3.31. The van der Waals surface area contributed by atoms with Gasteiger partial charge in [0.15, 0.2) is 5.13 Å². The minimum absolute atomic E-state index is 1.09. The first-order chi connectivity index (χ1) is 7.31. The number of anilines is 1. The van der Waals surface area contributed by atoms with Crippen LogP contribution in [0, 0.1) is 0 Å². The van der Waals surface area contributed by atoms with E-state index in [0.29, 0.717) is 0 Å². The minimum atomic E-state index is 1.09. The standard InChI is InChI=1S/C12H16N2S/c1-3-4-9-14(2)12-13-10-7-5-6-8-11(10)15-12/h5-8H,3-4,9H2,1-2H3. The van der Waals surface area contributed by atoms with Gasteiger partial charge in [-0.25, -0.2) is 4.98 Å². The van der Waals surface area contributed by atoms with E-state index in [4.69, 9.17) is 0 Å². The molecule has 0 radical (unpaired) electrons. The maximum atomic E-state index is 4.61. The predicted molar refractivity (Wildman–Crippen MR) is 67.8 cm³/mol. The van der Waals surface area contributed by atoms with Crippen molar-refractivity contribution in [3.05, 3.63) is 24.3 Å². The average Bonchev–Trinajstić information content (AvgIpc) is 2.69. The summed E-state index contributed by atoms with van der Waals surface area (Å²) >= 11 is 1.77. The monoisotopic (exact) mass is 220 g/mol. The molecule has 0 spiro atoms. The zero-order chi connectivity index (χ0) is 10.7. The highest BCUT2D eigenvalue weighted by Gasteiger charge is 2.06. The second-order valence-corrected chi connectivity index (χ2v) is 4.75. The molecule has 0 aliphatic carbocycles. The molecule has 0 amide bonds. The van der Waals surface area contributed by atoms with Gasteiger partial charge in [0, 0.05) is 13.6 Å². The van der Waals surface area contributed by atoms with Gasteiger partial charge in [-0.1, -0.05) is 36.8 Å². The quantitative estimate of drug-likeness (QED) is 0.783. The van der Waals surface area contributed by atoms with Crippen molar-refractivity contribution in [2.75, 3.05) is 18.5 Å². The van der Waals surface area contributed by atoms with Crippen molar-refractivity contribution in [3.8, 4) is 0 Å². The molecule has 15 heavy (non-hydrogen) atoms. The Morgan fingerprint density at radius 3 is 2.87 bits per heavy atom. The summed E-state index contributed by atoms with van der Waals surface area (Å²) in [5.41, 5.74) is 1.11. The van der Waals surface area contributed by atoms with Crippen molar-refractivity contribution in [1.82, 2.24) is 4.98 Å². The third-order valence-electron chi connectivity index (χ3n) is 2.46. The van der Waals surface area contributed by atoms with E-state index in [1.165, 1.54) is 17.5 Å². The number of benzene rings is 1. The number of thiazole rings is 1. The van der Waals surface area contributed by atoms with Crippen LogP contribution >= 0.6 is 11.3 Å². The molecule has 80 valence electrons. The van der Waals surface area contributed by atoms with E-state index < -0.39 is 0 Å². The lowest BCUT2D eigenvalue weighted by Gasteiger charge is -2.14. The van der Waals surface area contributed by atoms with Crippen molar-refractivity contribution >= 4 is 26.7 Å². The van der Waals surface area contributed by atoms with Crippen LogP contribution in [0.5, 0.6) is 0 Å². The Bertz CT molecular complexity index is 403. The second kappa shape index (κ2) is 4.62. The highest BCUT2D eigenvalue weighted by atomic mass is 32.1. The van der Waals surface area contributed by atoms with Crippen molar-refractivity contribution in [2.24, 2.45) is 0 Å². The van der Waals surface area contributed by atoms with Gasteiger partial charge < -0.3 is 4.90 Å². The normalized spacial score (nSPS) is 10.8. The van der Waals surface area contributed by atoms with Gasteiger partial charge >= 0.3 is 0 Å². The topological polar surface area (TPSA) is 16.1 Å². The van der Waals surface area contributed by atoms with Gasteiger partial charge in [0.2, 0.25) is 0 Å². The summed E-state index contributed by atoms with van der Waals surface area (Å²) in [5, 5.41) is 1.13. The van der Waals surface area contributed by atoms with Crippen molar-refractivity contribution in [2.45, 2.75) is 19.8 Å². The second-order valence-electron chi connectivity index (χ2n) is 3.74. The summed E-state index contributed by atoms with van der Waals surface area (Å²) in [6, 6.07) is 8.31. The van der Waals surface area contributed by atoms with E-state index in [-0.39, 0.29) is 0 Å². The van der Waals surface area contributed by atoms with Crippen LogP contribution < -0.4 is 4.90 Å². The molecule has 2 nitrogen and oxygen atoms in total. The molecule has 0 aliphatic heterocycles. The molecule has 1 aromatic heterocycles. The zero-order valence-corrected chi connectivity index (χ0v) is 10.0. The van der Waals surface area contributed by atoms with Crippen LogP contribution in [0.4, 0.5) is 5.13 Å². The third-order valence-corrected chi connectivity index (χ3v) is 3.61. The number of hydrogen-bond acceptors (Lipinski definition) is 3. The third kappa shape index (κ3) is 2.29. The number of hydrogen-bond donors (Lipinski definition) is 0.